The van der Waals surface area contributed by atoms with E-state index in [9.17, 15) is 4.79 Å². The number of aldehydes is 1. The Bertz CT molecular complexity index is 606. The van der Waals surface area contributed by atoms with Gasteiger partial charge in [0.1, 0.15) is 5.69 Å². The third-order valence-corrected chi connectivity index (χ3v) is 3.36. The first kappa shape index (κ1) is 14.5. The van der Waals surface area contributed by atoms with Gasteiger partial charge in [0.2, 0.25) is 0 Å². The number of carbonyl (C=O) groups excluding carboxylic acids is 1. The molecule has 0 aliphatic rings. The van der Waals surface area contributed by atoms with Gasteiger partial charge in [0.15, 0.2) is 6.29 Å². The van der Waals surface area contributed by atoms with E-state index in [4.69, 9.17) is 0 Å². The molecule has 0 saturated carbocycles. The van der Waals surface area contributed by atoms with Gasteiger partial charge in [-0.25, -0.2) is 0 Å². The van der Waals surface area contributed by atoms with Gasteiger partial charge in [-0.1, -0.05) is 52.0 Å². The van der Waals surface area contributed by atoms with Crippen LogP contribution in [-0.2, 0) is 12.0 Å². The van der Waals surface area contributed by atoms with Crippen molar-refractivity contribution in [2.24, 2.45) is 0 Å². The zero-order valence-electron chi connectivity index (χ0n) is 12.7. The van der Waals surface area contributed by atoms with Crippen molar-refractivity contribution < 1.29 is 4.79 Å². The van der Waals surface area contributed by atoms with Gasteiger partial charge in [0, 0.05) is 18.3 Å². The van der Waals surface area contributed by atoms with Gasteiger partial charge in [-0.2, -0.15) is 5.10 Å². The van der Waals surface area contributed by atoms with E-state index in [1.54, 1.807) is 0 Å². The molecule has 3 heteroatoms. The Hall–Kier alpha value is -1.90. The smallest absolute Gasteiger partial charge is 0.153 e. The first-order chi connectivity index (χ1) is 9.47. The van der Waals surface area contributed by atoms with Crippen molar-refractivity contribution in [1.29, 1.82) is 0 Å². The molecule has 0 spiro atoms. The third kappa shape index (κ3) is 2.82. The Balaban J connectivity index is 2.59. The van der Waals surface area contributed by atoms with Gasteiger partial charge in [-0.05, 0) is 17.4 Å². The molecule has 0 atom stereocenters. The lowest BCUT2D eigenvalue weighted by atomic mass is 9.82. The molecule has 1 aromatic carbocycles. The lowest BCUT2D eigenvalue weighted by molar-refractivity contribution is 0.112. The highest BCUT2D eigenvalue weighted by molar-refractivity contribution is 5.86. The second kappa shape index (κ2) is 5.61. The van der Waals surface area contributed by atoms with E-state index in [0.29, 0.717) is 5.56 Å². The Morgan fingerprint density at radius 1 is 1.25 bits per heavy atom. The molecule has 3 nitrogen and oxygen atoms in total. The Kier molecular flexibility index (Phi) is 4.07. The molecular formula is C17H22N2O. The predicted octanol–water partition coefficient (Wildman–Crippen LogP) is 4.07. The molecule has 2 rings (SSSR count). The predicted molar refractivity (Wildman–Crippen MR) is 82.0 cm³/mol. The van der Waals surface area contributed by atoms with Crippen molar-refractivity contribution in [2.75, 3.05) is 0 Å². The average molecular weight is 270 g/mol. The summed E-state index contributed by atoms with van der Waals surface area (Å²) < 4.78 is 1.86. The second-order valence-corrected chi connectivity index (χ2v) is 6.11. The van der Waals surface area contributed by atoms with Crippen LogP contribution in [-0.4, -0.2) is 16.1 Å². The minimum absolute atomic E-state index is 0.0191. The number of hydrogen-bond donors (Lipinski definition) is 0. The fraction of sp³-hybridized carbons (Fsp3) is 0.412. The number of rotatable bonds is 4. The molecule has 1 heterocycles. The maximum atomic E-state index is 11.3. The van der Waals surface area contributed by atoms with Crippen molar-refractivity contribution in [3.8, 4) is 11.3 Å². The Labute approximate surface area is 120 Å². The molecule has 0 unspecified atom stereocenters. The van der Waals surface area contributed by atoms with Gasteiger partial charge in [-0.3, -0.25) is 9.48 Å². The minimum atomic E-state index is 0.0191. The molecule has 0 amide bonds. The molecule has 0 radical (unpaired) electrons. The molecular weight excluding hydrogens is 248 g/mol. The zero-order chi connectivity index (χ0) is 14.8. The third-order valence-electron chi connectivity index (χ3n) is 3.36. The van der Waals surface area contributed by atoms with Crippen molar-refractivity contribution in [2.45, 2.75) is 46.1 Å². The summed E-state index contributed by atoms with van der Waals surface area (Å²) in [5.74, 6) is 0. The summed E-state index contributed by atoms with van der Waals surface area (Å²) in [5, 5.41) is 4.60. The fourth-order valence-corrected chi connectivity index (χ4v) is 2.42. The number of aryl methyl sites for hydroxylation is 1. The standard InChI is InChI=1S/C17H22N2O/c1-5-10-19-11-13(12-20)16(18-19)14-8-6-7-9-15(14)17(2,3)4/h6-9,11-12H,5,10H2,1-4H3. The molecule has 20 heavy (non-hydrogen) atoms. The van der Waals surface area contributed by atoms with Gasteiger partial charge < -0.3 is 0 Å². The lowest BCUT2D eigenvalue weighted by Crippen LogP contribution is -2.13. The van der Waals surface area contributed by atoms with Crippen LogP contribution >= 0.6 is 0 Å². The van der Waals surface area contributed by atoms with E-state index in [0.717, 1.165) is 30.5 Å². The highest BCUT2D eigenvalue weighted by Gasteiger charge is 2.21. The first-order valence-electron chi connectivity index (χ1n) is 7.10. The highest BCUT2D eigenvalue weighted by atomic mass is 16.1. The summed E-state index contributed by atoms with van der Waals surface area (Å²) in [4.78, 5) is 11.3. The fourth-order valence-electron chi connectivity index (χ4n) is 2.42. The number of nitrogens with zero attached hydrogens (tertiary/aromatic N) is 2. The van der Waals surface area contributed by atoms with Crippen LogP contribution in [0.15, 0.2) is 30.5 Å². The summed E-state index contributed by atoms with van der Waals surface area (Å²) in [6, 6.07) is 8.20. The highest BCUT2D eigenvalue weighted by Crippen LogP contribution is 2.33. The van der Waals surface area contributed by atoms with E-state index < -0.39 is 0 Å². The van der Waals surface area contributed by atoms with Crippen molar-refractivity contribution >= 4 is 6.29 Å². The topological polar surface area (TPSA) is 34.9 Å². The summed E-state index contributed by atoms with van der Waals surface area (Å²) >= 11 is 0. The van der Waals surface area contributed by atoms with Gasteiger partial charge in [0.25, 0.3) is 0 Å². The molecule has 1 aromatic heterocycles. The summed E-state index contributed by atoms with van der Waals surface area (Å²) in [6.07, 6.45) is 3.74. The molecule has 106 valence electrons. The molecule has 0 N–H and O–H groups in total. The van der Waals surface area contributed by atoms with Crippen LogP contribution in [0.2, 0.25) is 0 Å². The van der Waals surface area contributed by atoms with Crippen LogP contribution in [0, 0.1) is 0 Å². The zero-order valence-corrected chi connectivity index (χ0v) is 12.7. The van der Waals surface area contributed by atoms with Crippen molar-refractivity contribution in [3.63, 3.8) is 0 Å². The van der Waals surface area contributed by atoms with Crippen LogP contribution in [0.4, 0.5) is 0 Å². The maximum absolute atomic E-state index is 11.3. The van der Waals surface area contributed by atoms with E-state index in [1.165, 1.54) is 5.56 Å². The molecule has 0 fully saturated rings. The van der Waals surface area contributed by atoms with Crippen molar-refractivity contribution in [1.82, 2.24) is 9.78 Å². The summed E-state index contributed by atoms with van der Waals surface area (Å²) in [7, 11) is 0. The van der Waals surface area contributed by atoms with Gasteiger partial charge in [-0.15, -0.1) is 0 Å². The van der Waals surface area contributed by atoms with Crippen molar-refractivity contribution in [3.05, 3.63) is 41.6 Å². The number of benzene rings is 1. The van der Waals surface area contributed by atoms with Crippen LogP contribution in [0.3, 0.4) is 0 Å². The summed E-state index contributed by atoms with van der Waals surface area (Å²) in [6.45, 7) is 9.46. The number of hydrogen-bond acceptors (Lipinski definition) is 2. The van der Waals surface area contributed by atoms with E-state index in [-0.39, 0.29) is 5.41 Å². The minimum Gasteiger partial charge on any atom is -0.298 e. The maximum Gasteiger partial charge on any atom is 0.153 e. The quantitative estimate of drug-likeness (QED) is 0.785. The van der Waals surface area contributed by atoms with Crippen LogP contribution < -0.4 is 0 Å². The second-order valence-electron chi connectivity index (χ2n) is 6.11. The van der Waals surface area contributed by atoms with E-state index in [1.807, 2.05) is 29.1 Å². The van der Waals surface area contributed by atoms with E-state index >= 15 is 0 Å². The molecule has 0 aliphatic heterocycles. The van der Waals surface area contributed by atoms with Crippen LogP contribution in [0.5, 0.6) is 0 Å². The largest absolute Gasteiger partial charge is 0.298 e. The van der Waals surface area contributed by atoms with Gasteiger partial charge >= 0.3 is 0 Å². The SMILES string of the molecule is CCCn1cc(C=O)c(-c2ccccc2C(C)(C)C)n1. The van der Waals surface area contributed by atoms with E-state index in [2.05, 4.69) is 38.9 Å². The van der Waals surface area contributed by atoms with Crippen LogP contribution in [0.1, 0.15) is 50.0 Å². The number of aromatic nitrogens is 2. The monoisotopic (exact) mass is 270 g/mol. The Morgan fingerprint density at radius 2 is 1.95 bits per heavy atom. The Morgan fingerprint density at radius 3 is 2.55 bits per heavy atom. The first-order valence-corrected chi connectivity index (χ1v) is 7.10. The molecule has 0 bridgehead atoms. The normalized spacial score (nSPS) is 11.6. The molecule has 0 aliphatic carbocycles. The molecule has 2 aromatic rings. The van der Waals surface area contributed by atoms with Gasteiger partial charge in [0.05, 0.1) is 5.56 Å². The average Bonchev–Trinajstić information content (AvgIpc) is 2.81. The lowest BCUT2D eigenvalue weighted by Gasteiger charge is -2.22. The molecule has 0 saturated heterocycles. The van der Waals surface area contributed by atoms with Crippen LogP contribution in [0.25, 0.3) is 11.3 Å². The summed E-state index contributed by atoms with van der Waals surface area (Å²) in [5.41, 5.74) is 3.74. The number of carbonyl (C=O) groups is 1.